The Kier molecular flexibility index (Phi) is 4.10. The van der Waals surface area contributed by atoms with Crippen molar-refractivity contribution >= 4 is 41.0 Å². The Morgan fingerprint density at radius 3 is 2.58 bits per heavy atom. The maximum atomic E-state index is 12.6. The van der Waals surface area contributed by atoms with Crippen molar-refractivity contribution in [3.8, 4) is 0 Å². The predicted octanol–water partition coefficient (Wildman–Crippen LogP) is 1.80. The molecule has 24 heavy (non-hydrogen) atoms. The molecule has 128 valence electrons. The minimum absolute atomic E-state index is 0.355. The van der Waals surface area contributed by atoms with E-state index in [2.05, 4.69) is 5.32 Å². The maximum absolute atomic E-state index is 12.6. The summed E-state index contributed by atoms with van der Waals surface area (Å²) in [6.45, 7) is 1.57. The van der Waals surface area contributed by atoms with E-state index in [4.69, 9.17) is 27.9 Å². The second-order valence-corrected chi connectivity index (χ2v) is 7.06. The molecule has 0 radical (unpaired) electrons. The lowest BCUT2D eigenvalue weighted by Gasteiger charge is -2.28. The van der Waals surface area contributed by atoms with Gasteiger partial charge in [-0.25, -0.2) is 0 Å². The van der Waals surface area contributed by atoms with E-state index in [-0.39, 0.29) is 5.91 Å². The second kappa shape index (κ2) is 5.72. The first kappa shape index (κ1) is 17.2. The summed E-state index contributed by atoms with van der Waals surface area (Å²) in [7, 11) is 2.66. The fourth-order valence-corrected chi connectivity index (χ4v) is 4.12. The molecular formula is C16H16Cl2N2O4. The number of benzene rings is 1. The maximum Gasteiger partial charge on any atom is 0.326 e. The van der Waals surface area contributed by atoms with E-state index < -0.39 is 35.3 Å². The monoisotopic (exact) mass is 370 g/mol. The van der Waals surface area contributed by atoms with E-state index in [1.165, 1.54) is 14.2 Å². The molecule has 0 unspecified atom stereocenters. The molecule has 0 aliphatic carbocycles. The summed E-state index contributed by atoms with van der Waals surface area (Å²) in [6.07, 6.45) is 0. The largest absolute Gasteiger partial charge is 0.468 e. The zero-order chi connectivity index (χ0) is 17.8. The number of nitrogens with zero attached hydrogens (tertiary/aromatic N) is 1. The molecule has 2 aliphatic rings. The smallest absolute Gasteiger partial charge is 0.326 e. The van der Waals surface area contributed by atoms with E-state index in [9.17, 15) is 14.4 Å². The predicted molar refractivity (Wildman–Crippen MR) is 87.5 cm³/mol. The number of halogens is 2. The van der Waals surface area contributed by atoms with Gasteiger partial charge in [-0.15, -0.1) is 0 Å². The number of hydrogen-bond donors (Lipinski definition) is 1. The van der Waals surface area contributed by atoms with Crippen molar-refractivity contribution < 1.29 is 19.1 Å². The molecule has 2 amide bonds. The molecule has 1 N–H and O–H groups in total. The number of esters is 1. The Morgan fingerprint density at radius 2 is 1.96 bits per heavy atom. The van der Waals surface area contributed by atoms with Crippen LogP contribution in [0.1, 0.15) is 18.5 Å². The summed E-state index contributed by atoms with van der Waals surface area (Å²) in [4.78, 5) is 38.6. The Morgan fingerprint density at radius 1 is 1.29 bits per heavy atom. The van der Waals surface area contributed by atoms with Gasteiger partial charge in [-0.05, 0) is 30.7 Å². The van der Waals surface area contributed by atoms with E-state index >= 15 is 0 Å². The number of carbonyl (C=O) groups excluding carboxylic acids is 3. The molecule has 0 saturated carbocycles. The molecule has 0 spiro atoms. The van der Waals surface area contributed by atoms with E-state index in [1.807, 2.05) is 0 Å². The molecule has 2 saturated heterocycles. The number of likely N-dealkylation sites (tertiary alicyclic amines) is 1. The first-order valence-corrected chi connectivity index (χ1v) is 8.10. The molecule has 3 rings (SSSR count). The van der Waals surface area contributed by atoms with Gasteiger partial charge in [-0.2, -0.15) is 0 Å². The number of amides is 2. The van der Waals surface area contributed by atoms with Crippen LogP contribution in [0.15, 0.2) is 18.2 Å². The number of carbonyl (C=O) groups is 3. The number of rotatable bonds is 2. The van der Waals surface area contributed by atoms with Gasteiger partial charge >= 0.3 is 5.97 Å². The van der Waals surface area contributed by atoms with Crippen molar-refractivity contribution in [1.82, 2.24) is 10.2 Å². The van der Waals surface area contributed by atoms with E-state index in [0.717, 1.165) is 4.90 Å². The molecule has 6 nitrogen and oxygen atoms in total. The summed E-state index contributed by atoms with van der Waals surface area (Å²) in [5, 5.41) is 3.95. The zero-order valence-electron chi connectivity index (χ0n) is 13.3. The quantitative estimate of drug-likeness (QED) is 0.634. The van der Waals surface area contributed by atoms with Crippen LogP contribution >= 0.6 is 23.2 Å². The van der Waals surface area contributed by atoms with Crippen LogP contribution in [0.3, 0.4) is 0 Å². The van der Waals surface area contributed by atoms with Gasteiger partial charge in [0.05, 0.1) is 18.9 Å². The molecule has 8 heteroatoms. The van der Waals surface area contributed by atoms with E-state index in [1.54, 1.807) is 25.1 Å². The molecule has 1 aromatic rings. The fourth-order valence-electron chi connectivity index (χ4n) is 3.70. The van der Waals surface area contributed by atoms with Gasteiger partial charge in [0.15, 0.2) is 0 Å². The summed E-state index contributed by atoms with van der Waals surface area (Å²) >= 11 is 12.3. The van der Waals surface area contributed by atoms with Crippen LogP contribution in [0.4, 0.5) is 0 Å². The van der Waals surface area contributed by atoms with Crippen LogP contribution in [0, 0.1) is 11.8 Å². The molecule has 2 aliphatic heterocycles. The third-order valence-corrected chi connectivity index (χ3v) is 5.49. The average molecular weight is 371 g/mol. The highest BCUT2D eigenvalue weighted by molar-refractivity contribution is 6.33. The van der Waals surface area contributed by atoms with Crippen LogP contribution in [0.2, 0.25) is 10.0 Å². The first-order valence-electron chi connectivity index (χ1n) is 7.35. The number of nitrogens with one attached hydrogen (secondary N) is 1. The van der Waals surface area contributed by atoms with Crippen LogP contribution in [-0.2, 0) is 19.1 Å². The molecule has 4 atom stereocenters. The lowest BCUT2D eigenvalue weighted by atomic mass is 9.80. The SMILES string of the molecule is COC(=O)[C@]1(C)N[C@H](c2cc(Cl)ccc2Cl)[C@@H]2C(=O)N(C)C(=O)[C@@H]21. The van der Waals surface area contributed by atoms with Gasteiger partial charge in [-0.1, -0.05) is 23.2 Å². The minimum Gasteiger partial charge on any atom is -0.468 e. The fraction of sp³-hybridized carbons (Fsp3) is 0.438. The van der Waals surface area contributed by atoms with Gasteiger partial charge < -0.3 is 4.74 Å². The Balaban J connectivity index is 2.15. The van der Waals surface area contributed by atoms with Gasteiger partial charge in [0, 0.05) is 23.1 Å². The van der Waals surface area contributed by atoms with Crippen LogP contribution in [0.25, 0.3) is 0 Å². The van der Waals surface area contributed by atoms with Crippen LogP contribution < -0.4 is 5.32 Å². The lowest BCUT2D eigenvalue weighted by molar-refractivity contribution is -0.152. The highest BCUT2D eigenvalue weighted by Gasteiger charge is 2.66. The number of hydrogen-bond acceptors (Lipinski definition) is 5. The topological polar surface area (TPSA) is 75.7 Å². The Bertz CT molecular complexity index is 754. The van der Waals surface area contributed by atoms with Crippen molar-refractivity contribution in [1.29, 1.82) is 0 Å². The third kappa shape index (κ3) is 2.24. The number of ether oxygens (including phenoxy) is 1. The van der Waals surface area contributed by atoms with Crippen molar-refractivity contribution in [3.63, 3.8) is 0 Å². The van der Waals surface area contributed by atoms with Gasteiger partial charge in [0.1, 0.15) is 5.54 Å². The Labute approximate surface area is 149 Å². The van der Waals surface area contributed by atoms with Gasteiger partial charge in [-0.3, -0.25) is 24.6 Å². The molecular weight excluding hydrogens is 355 g/mol. The minimum atomic E-state index is -1.33. The second-order valence-electron chi connectivity index (χ2n) is 6.22. The normalized spacial score (nSPS) is 32.2. The van der Waals surface area contributed by atoms with Crippen LogP contribution in [-0.4, -0.2) is 42.4 Å². The van der Waals surface area contributed by atoms with Crippen molar-refractivity contribution in [3.05, 3.63) is 33.8 Å². The molecule has 2 heterocycles. The van der Waals surface area contributed by atoms with Gasteiger partial charge in [0.25, 0.3) is 0 Å². The average Bonchev–Trinajstić information content (AvgIpc) is 2.99. The standard InChI is InChI=1S/C16H16Cl2N2O4/c1-16(15(23)24-3)11-10(13(21)20(2)14(11)22)12(19-16)8-6-7(17)4-5-9(8)18/h4-6,10-12,19H,1-3H3/t10-,11-,12-,16-/m1/s1. The Hall–Kier alpha value is -1.63. The van der Waals surface area contributed by atoms with Crippen molar-refractivity contribution in [2.45, 2.75) is 18.5 Å². The van der Waals surface area contributed by atoms with Crippen molar-refractivity contribution in [2.75, 3.05) is 14.2 Å². The van der Waals surface area contributed by atoms with Crippen LogP contribution in [0.5, 0.6) is 0 Å². The molecule has 1 aromatic carbocycles. The van der Waals surface area contributed by atoms with Crippen molar-refractivity contribution in [2.24, 2.45) is 11.8 Å². The molecule has 2 fully saturated rings. The number of fused-ring (bicyclic) bond motifs is 1. The lowest BCUT2D eigenvalue weighted by Crippen LogP contribution is -2.53. The molecule has 0 bridgehead atoms. The summed E-state index contributed by atoms with van der Waals surface area (Å²) in [5.74, 6) is -2.98. The highest BCUT2D eigenvalue weighted by atomic mass is 35.5. The summed E-state index contributed by atoms with van der Waals surface area (Å²) in [5.41, 5.74) is -0.754. The summed E-state index contributed by atoms with van der Waals surface area (Å²) in [6, 6.07) is 4.27. The number of methoxy groups -OCH3 is 1. The molecule has 0 aromatic heterocycles. The first-order chi connectivity index (χ1) is 11.2. The highest BCUT2D eigenvalue weighted by Crippen LogP contribution is 2.49. The van der Waals surface area contributed by atoms with Gasteiger partial charge in [0.2, 0.25) is 11.8 Å². The summed E-state index contributed by atoms with van der Waals surface area (Å²) < 4.78 is 4.86. The van der Waals surface area contributed by atoms with E-state index in [0.29, 0.717) is 15.6 Å². The third-order valence-electron chi connectivity index (χ3n) is 4.91. The zero-order valence-corrected chi connectivity index (χ0v) is 14.8. The number of imide groups is 1.